The van der Waals surface area contributed by atoms with E-state index in [0.29, 0.717) is 0 Å². The van der Waals surface area contributed by atoms with Crippen LogP contribution in [0.2, 0.25) is 0 Å². The van der Waals surface area contributed by atoms with Gasteiger partial charge in [0, 0.05) is 56.0 Å². The molecule has 70 heavy (non-hydrogen) atoms. The van der Waals surface area contributed by atoms with Gasteiger partial charge in [-0.25, -0.2) is 0 Å². The molecule has 10 aromatic rings. The number of para-hydroxylation sites is 3. The maximum Gasteiger partial charge on any atom is 0.0541 e. The molecule has 0 radical (unpaired) electrons. The van der Waals surface area contributed by atoms with Crippen LogP contribution in [-0.4, -0.2) is 9.13 Å². The Morgan fingerprint density at radius 1 is 0.400 bits per heavy atom. The SMILES string of the molecule is Cc1cc(C(C)(C)C)cc(C)c1N(c1ccc(N(c2ccc(-n3c4ccccc4c4ccccc43)cc2)c2c(C)cc(C(C)(C)C)cc2C)cc1)c1ccc(-n2c3c(c4ccccc42)CCC=C3)cc1. The molecule has 0 N–H and O–H groups in total. The highest BCUT2D eigenvalue weighted by Gasteiger charge is 2.26. The molecule has 0 unspecified atom stereocenters. The molecule has 2 heterocycles. The lowest BCUT2D eigenvalue weighted by Crippen LogP contribution is -2.17. The molecule has 8 aromatic carbocycles. The summed E-state index contributed by atoms with van der Waals surface area (Å²) in [6.07, 6.45) is 6.78. The predicted molar refractivity (Wildman–Crippen MR) is 301 cm³/mol. The fraction of sp³-hybridized carbons (Fsp3) is 0.212. The van der Waals surface area contributed by atoms with Gasteiger partial charge >= 0.3 is 0 Å². The average Bonchev–Trinajstić information content (AvgIpc) is 3.87. The second kappa shape index (κ2) is 17.1. The van der Waals surface area contributed by atoms with Gasteiger partial charge in [-0.2, -0.15) is 0 Å². The van der Waals surface area contributed by atoms with Crippen LogP contribution < -0.4 is 9.80 Å². The molecule has 1 aliphatic rings. The smallest absolute Gasteiger partial charge is 0.0541 e. The maximum absolute atomic E-state index is 2.47. The van der Waals surface area contributed by atoms with Crippen molar-refractivity contribution in [2.45, 2.75) is 92.9 Å². The first-order valence-electron chi connectivity index (χ1n) is 25.1. The van der Waals surface area contributed by atoms with Gasteiger partial charge in [0.05, 0.1) is 27.9 Å². The Hall–Kier alpha value is -7.56. The number of hydrogen-bond donors (Lipinski definition) is 0. The molecule has 2 aromatic heterocycles. The summed E-state index contributed by atoms with van der Waals surface area (Å²) in [4.78, 5) is 4.92. The van der Waals surface area contributed by atoms with Gasteiger partial charge in [-0.15, -0.1) is 0 Å². The van der Waals surface area contributed by atoms with Crippen LogP contribution in [0.5, 0.6) is 0 Å². The second-order valence-electron chi connectivity index (χ2n) is 21.7. The Bertz CT molecular complexity index is 3540. The molecule has 0 fully saturated rings. The van der Waals surface area contributed by atoms with Crippen molar-refractivity contribution in [1.29, 1.82) is 0 Å². The van der Waals surface area contributed by atoms with Gasteiger partial charge in [-0.3, -0.25) is 0 Å². The Morgan fingerprint density at radius 3 is 1.14 bits per heavy atom. The lowest BCUT2D eigenvalue weighted by Gasteiger charge is -2.33. The average molecular weight is 913 g/mol. The summed E-state index contributed by atoms with van der Waals surface area (Å²) in [5, 5.41) is 3.88. The summed E-state index contributed by atoms with van der Waals surface area (Å²) >= 11 is 0. The van der Waals surface area contributed by atoms with E-state index in [9.17, 15) is 0 Å². The minimum Gasteiger partial charge on any atom is -0.310 e. The van der Waals surface area contributed by atoms with Gasteiger partial charge in [0.15, 0.2) is 0 Å². The fourth-order valence-corrected chi connectivity index (χ4v) is 11.2. The molecule has 4 heteroatoms. The third kappa shape index (κ3) is 7.71. The third-order valence-electron chi connectivity index (χ3n) is 14.7. The summed E-state index contributed by atoms with van der Waals surface area (Å²) < 4.78 is 4.84. The summed E-state index contributed by atoms with van der Waals surface area (Å²) in [5.41, 5.74) is 23.3. The molecular weight excluding hydrogens is 849 g/mol. The predicted octanol–water partition coefficient (Wildman–Crippen LogP) is 18.5. The van der Waals surface area contributed by atoms with Gasteiger partial charge in [-0.05, 0) is 187 Å². The highest BCUT2D eigenvalue weighted by atomic mass is 15.2. The largest absolute Gasteiger partial charge is 0.310 e. The highest BCUT2D eigenvalue weighted by Crippen LogP contribution is 2.46. The minimum atomic E-state index is 0.0274. The third-order valence-corrected chi connectivity index (χ3v) is 14.7. The molecule has 0 bridgehead atoms. The van der Waals surface area contributed by atoms with E-state index in [-0.39, 0.29) is 10.8 Å². The quantitative estimate of drug-likeness (QED) is 0.151. The molecule has 348 valence electrons. The fourth-order valence-electron chi connectivity index (χ4n) is 11.2. The van der Waals surface area contributed by atoms with Crippen LogP contribution in [0.25, 0.3) is 50.2 Å². The van der Waals surface area contributed by atoms with E-state index < -0.39 is 0 Å². The van der Waals surface area contributed by atoms with Crippen molar-refractivity contribution in [2.24, 2.45) is 0 Å². The summed E-state index contributed by atoms with van der Waals surface area (Å²) in [6.45, 7) is 22.9. The standard InChI is InChI=1S/C66H64N4/c1-43-39-47(65(5,6)7)40-44(2)63(43)67(51-31-35-53(36-32-51)69-59-23-15-11-19-55(59)56-20-12-16-24-60(56)69)49-27-29-50(30-28-49)68(64-45(3)41-48(42-46(64)4)66(8,9)10)52-33-37-54(38-34-52)70-61-25-17-13-21-57(61)58-22-14-18-26-62(58)70/h11-13,15-21,23-42H,14,22H2,1-10H3. The second-order valence-corrected chi connectivity index (χ2v) is 21.7. The minimum absolute atomic E-state index is 0.0274. The van der Waals surface area contributed by atoms with Crippen LogP contribution in [0, 0.1) is 27.7 Å². The lowest BCUT2D eigenvalue weighted by molar-refractivity contribution is 0.589. The van der Waals surface area contributed by atoms with E-state index in [2.05, 4.69) is 270 Å². The Morgan fingerprint density at radius 2 is 0.743 bits per heavy atom. The zero-order valence-electron chi connectivity index (χ0n) is 42.5. The summed E-state index contributed by atoms with van der Waals surface area (Å²) in [7, 11) is 0. The van der Waals surface area contributed by atoms with E-state index in [1.807, 2.05) is 0 Å². The van der Waals surface area contributed by atoms with Gasteiger partial charge in [0.1, 0.15) is 0 Å². The lowest BCUT2D eigenvalue weighted by atomic mass is 9.84. The van der Waals surface area contributed by atoms with Crippen molar-refractivity contribution in [1.82, 2.24) is 9.13 Å². The zero-order valence-corrected chi connectivity index (χ0v) is 42.5. The van der Waals surface area contributed by atoms with Crippen molar-refractivity contribution < 1.29 is 0 Å². The number of rotatable bonds is 8. The molecule has 0 amide bonds. The maximum atomic E-state index is 2.47. The number of aromatic nitrogens is 2. The molecule has 0 spiro atoms. The molecule has 0 aliphatic heterocycles. The summed E-state index contributed by atoms with van der Waals surface area (Å²) in [6, 6.07) is 63.5. The van der Waals surface area contributed by atoms with Gasteiger partial charge in [0.25, 0.3) is 0 Å². The number of anilines is 6. The molecule has 0 saturated heterocycles. The van der Waals surface area contributed by atoms with E-state index in [0.717, 1.165) is 41.3 Å². The van der Waals surface area contributed by atoms with Crippen molar-refractivity contribution in [3.8, 4) is 11.4 Å². The van der Waals surface area contributed by atoms with Crippen molar-refractivity contribution in [3.05, 3.63) is 221 Å². The first-order chi connectivity index (χ1) is 33.7. The normalized spacial score (nSPS) is 12.8. The van der Waals surface area contributed by atoms with E-state index in [1.54, 1.807) is 0 Å². The molecule has 1 aliphatic carbocycles. The van der Waals surface area contributed by atoms with Gasteiger partial charge in [-0.1, -0.05) is 126 Å². The summed E-state index contributed by atoms with van der Waals surface area (Å²) in [5.74, 6) is 0. The topological polar surface area (TPSA) is 16.3 Å². The first kappa shape index (κ1) is 44.9. The highest BCUT2D eigenvalue weighted by molar-refractivity contribution is 6.09. The number of fused-ring (bicyclic) bond motifs is 6. The van der Waals surface area contributed by atoms with Crippen LogP contribution in [-0.2, 0) is 17.3 Å². The Kier molecular flexibility index (Phi) is 11.0. The van der Waals surface area contributed by atoms with E-state index in [4.69, 9.17) is 0 Å². The van der Waals surface area contributed by atoms with Crippen molar-refractivity contribution >= 4 is 72.9 Å². The van der Waals surface area contributed by atoms with Crippen LogP contribution in [0.1, 0.15) is 92.6 Å². The van der Waals surface area contributed by atoms with Crippen LogP contribution in [0.3, 0.4) is 0 Å². The Labute approximate surface area is 414 Å². The van der Waals surface area contributed by atoms with E-state index >= 15 is 0 Å². The van der Waals surface area contributed by atoms with Crippen LogP contribution in [0.4, 0.5) is 34.1 Å². The van der Waals surface area contributed by atoms with Gasteiger partial charge in [0.2, 0.25) is 0 Å². The monoisotopic (exact) mass is 913 g/mol. The van der Waals surface area contributed by atoms with Crippen molar-refractivity contribution in [3.63, 3.8) is 0 Å². The first-order valence-corrected chi connectivity index (χ1v) is 25.1. The molecular formula is C66H64N4. The number of benzene rings is 8. The Balaban J connectivity index is 1.04. The molecule has 4 nitrogen and oxygen atoms in total. The van der Waals surface area contributed by atoms with Crippen LogP contribution in [0.15, 0.2) is 176 Å². The molecule has 11 rings (SSSR count). The zero-order chi connectivity index (χ0) is 48.6. The van der Waals surface area contributed by atoms with Crippen LogP contribution >= 0.6 is 0 Å². The number of allylic oxidation sites excluding steroid dienone is 1. The van der Waals surface area contributed by atoms with Crippen molar-refractivity contribution in [2.75, 3.05) is 9.80 Å². The number of hydrogen-bond acceptors (Lipinski definition) is 2. The van der Waals surface area contributed by atoms with E-state index in [1.165, 1.54) is 94.4 Å². The molecule has 0 saturated carbocycles. The molecule has 0 atom stereocenters. The van der Waals surface area contributed by atoms with Gasteiger partial charge < -0.3 is 18.9 Å². The number of nitrogens with zero attached hydrogens (tertiary/aromatic N) is 4. The number of aryl methyl sites for hydroxylation is 5.